The van der Waals surface area contributed by atoms with E-state index in [1.807, 2.05) is 0 Å². The number of aromatic amines is 1. The molecule has 1 aromatic heterocycles. The van der Waals surface area contributed by atoms with Crippen molar-refractivity contribution in [2.45, 2.75) is 52.0 Å². The Balaban J connectivity index is 2.42. The summed E-state index contributed by atoms with van der Waals surface area (Å²) >= 11 is 3.23. The molecule has 0 radical (unpaired) electrons. The molecule has 0 aliphatic rings. The number of nitrogens with one attached hydrogen (secondary N) is 2. The predicted octanol–water partition coefficient (Wildman–Crippen LogP) is 3.30. The molecule has 0 saturated heterocycles. The van der Waals surface area contributed by atoms with E-state index in [1.54, 1.807) is 0 Å². The van der Waals surface area contributed by atoms with Gasteiger partial charge in [0.1, 0.15) is 10.3 Å². The molecule has 0 bridgehead atoms. The van der Waals surface area contributed by atoms with Crippen molar-refractivity contribution in [1.29, 1.82) is 0 Å². The highest BCUT2D eigenvalue weighted by Crippen LogP contribution is 2.16. The van der Waals surface area contributed by atoms with Crippen LogP contribution in [-0.4, -0.2) is 16.0 Å². The third kappa shape index (κ3) is 4.89. The molecular formula is C12H20BrN3O. The van der Waals surface area contributed by atoms with Crippen LogP contribution in [0.25, 0.3) is 0 Å². The topological polar surface area (TPSA) is 57.8 Å². The molecule has 0 aliphatic heterocycles. The number of anilines is 1. The fourth-order valence-electron chi connectivity index (χ4n) is 1.67. The maximum atomic E-state index is 11.3. The van der Waals surface area contributed by atoms with E-state index in [0.717, 1.165) is 6.42 Å². The van der Waals surface area contributed by atoms with Gasteiger partial charge in [0.25, 0.3) is 5.56 Å². The smallest absolute Gasteiger partial charge is 0.267 e. The normalized spacial score (nSPS) is 12.4. The molecule has 0 saturated carbocycles. The summed E-state index contributed by atoms with van der Waals surface area (Å²) in [5.74, 6) is 0.622. The molecule has 17 heavy (non-hydrogen) atoms. The Bertz CT molecular complexity index is 392. The number of nitrogens with zero attached hydrogens (tertiary/aromatic N) is 1. The Hall–Kier alpha value is -0.840. The molecule has 2 N–H and O–H groups in total. The van der Waals surface area contributed by atoms with Gasteiger partial charge in [-0.05, 0) is 29.3 Å². The van der Waals surface area contributed by atoms with E-state index < -0.39 is 0 Å². The first-order valence-corrected chi connectivity index (χ1v) is 6.94. The Morgan fingerprint density at radius 2 is 2.24 bits per heavy atom. The van der Waals surface area contributed by atoms with Gasteiger partial charge in [-0.25, -0.2) is 4.98 Å². The molecule has 1 aromatic rings. The maximum absolute atomic E-state index is 11.3. The van der Waals surface area contributed by atoms with Crippen LogP contribution in [0, 0.1) is 0 Å². The number of hydrogen-bond acceptors (Lipinski definition) is 3. The molecule has 0 amide bonds. The molecule has 1 rings (SSSR count). The summed E-state index contributed by atoms with van der Waals surface area (Å²) in [4.78, 5) is 18.0. The number of hydrogen-bond donors (Lipinski definition) is 2. The van der Waals surface area contributed by atoms with Crippen molar-refractivity contribution in [3.8, 4) is 0 Å². The van der Waals surface area contributed by atoms with Gasteiger partial charge in [0, 0.05) is 6.04 Å². The second-order valence-electron chi connectivity index (χ2n) is 4.29. The molecular weight excluding hydrogens is 282 g/mol. The van der Waals surface area contributed by atoms with Crippen LogP contribution in [0.2, 0.25) is 0 Å². The molecule has 4 nitrogen and oxygen atoms in total. The van der Waals surface area contributed by atoms with Gasteiger partial charge in [-0.15, -0.1) is 0 Å². The van der Waals surface area contributed by atoms with Crippen LogP contribution < -0.4 is 10.9 Å². The third-order valence-electron chi connectivity index (χ3n) is 2.67. The lowest BCUT2D eigenvalue weighted by atomic mass is 10.1. The van der Waals surface area contributed by atoms with Gasteiger partial charge in [0.05, 0.1) is 6.33 Å². The van der Waals surface area contributed by atoms with E-state index in [9.17, 15) is 4.79 Å². The second kappa shape index (κ2) is 7.48. The summed E-state index contributed by atoms with van der Waals surface area (Å²) in [6, 6.07) is 0.331. The second-order valence-corrected chi connectivity index (χ2v) is 5.08. The van der Waals surface area contributed by atoms with Gasteiger partial charge in [0.2, 0.25) is 0 Å². The summed E-state index contributed by atoms with van der Waals surface area (Å²) in [5.41, 5.74) is -0.152. The number of halogens is 1. The van der Waals surface area contributed by atoms with Crippen molar-refractivity contribution >= 4 is 21.7 Å². The highest BCUT2D eigenvalue weighted by molar-refractivity contribution is 9.10. The first kappa shape index (κ1) is 14.2. The molecule has 0 spiro atoms. The largest absolute Gasteiger partial charge is 0.366 e. The lowest BCUT2D eigenvalue weighted by Crippen LogP contribution is -2.19. The highest BCUT2D eigenvalue weighted by atomic mass is 79.9. The highest BCUT2D eigenvalue weighted by Gasteiger charge is 2.08. The number of aromatic nitrogens is 2. The van der Waals surface area contributed by atoms with Crippen molar-refractivity contribution in [2.24, 2.45) is 0 Å². The molecule has 1 unspecified atom stereocenters. The first-order valence-electron chi connectivity index (χ1n) is 6.14. The fraction of sp³-hybridized carbons (Fsp3) is 0.667. The van der Waals surface area contributed by atoms with Crippen molar-refractivity contribution in [2.75, 3.05) is 5.32 Å². The van der Waals surface area contributed by atoms with Crippen molar-refractivity contribution in [3.63, 3.8) is 0 Å². The third-order valence-corrected chi connectivity index (χ3v) is 3.41. The maximum Gasteiger partial charge on any atom is 0.267 e. The van der Waals surface area contributed by atoms with E-state index >= 15 is 0 Å². The summed E-state index contributed by atoms with van der Waals surface area (Å²) in [5, 5.41) is 3.25. The average Bonchev–Trinajstić information content (AvgIpc) is 2.31. The van der Waals surface area contributed by atoms with Crippen LogP contribution in [0.4, 0.5) is 5.82 Å². The Labute approximate surface area is 110 Å². The fourth-order valence-corrected chi connectivity index (χ4v) is 2.00. The van der Waals surface area contributed by atoms with E-state index in [2.05, 4.69) is 45.1 Å². The Kier molecular flexibility index (Phi) is 6.26. The molecule has 0 fully saturated rings. The standard InChI is InChI=1S/C12H20BrN3O/c1-3-4-5-6-7-9(2)16-11-10(13)12(17)15-8-14-11/h8-9H,3-7H2,1-2H3,(H2,14,15,16,17). The van der Waals surface area contributed by atoms with Crippen molar-refractivity contribution in [1.82, 2.24) is 9.97 Å². The number of unbranched alkanes of at least 4 members (excludes halogenated alkanes) is 3. The molecule has 1 atom stereocenters. The molecule has 96 valence electrons. The monoisotopic (exact) mass is 301 g/mol. The minimum absolute atomic E-state index is 0.152. The van der Waals surface area contributed by atoms with E-state index in [-0.39, 0.29) is 5.56 Å². The summed E-state index contributed by atoms with van der Waals surface area (Å²) in [6.07, 6.45) is 7.54. The van der Waals surface area contributed by atoms with Gasteiger partial charge >= 0.3 is 0 Å². The first-order chi connectivity index (χ1) is 8.15. The molecule has 0 aromatic carbocycles. The van der Waals surface area contributed by atoms with E-state index in [4.69, 9.17) is 0 Å². The minimum Gasteiger partial charge on any atom is -0.366 e. The average molecular weight is 302 g/mol. The van der Waals surface area contributed by atoms with Gasteiger partial charge < -0.3 is 10.3 Å². The summed E-state index contributed by atoms with van der Waals surface area (Å²) < 4.78 is 0.473. The van der Waals surface area contributed by atoms with Crippen LogP contribution >= 0.6 is 15.9 Å². The number of H-pyrrole nitrogens is 1. The zero-order valence-corrected chi connectivity index (χ0v) is 12.0. The quantitative estimate of drug-likeness (QED) is 0.760. The van der Waals surface area contributed by atoms with Crippen molar-refractivity contribution < 1.29 is 0 Å². The van der Waals surface area contributed by atoms with Gasteiger partial charge in [-0.2, -0.15) is 0 Å². The predicted molar refractivity (Wildman–Crippen MR) is 74.4 cm³/mol. The Morgan fingerprint density at radius 1 is 1.47 bits per heavy atom. The van der Waals surface area contributed by atoms with Crippen molar-refractivity contribution in [3.05, 3.63) is 21.2 Å². The summed E-state index contributed by atoms with van der Waals surface area (Å²) in [6.45, 7) is 4.32. The number of rotatable bonds is 7. The lowest BCUT2D eigenvalue weighted by Gasteiger charge is -2.14. The van der Waals surface area contributed by atoms with Crippen LogP contribution in [0.5, 0.6) is 0 Å². The molecule has 1 heterocycles. The SMILES string of the molecule is CCCCCCC(C)Nc1nc[nH]c(=O)c1Br. The lowest BCUT2D eigenvalue weighted by molar-refractivity contribution is 0.592. The zero-order chi connectivity index (χ0) is 12.7. The molecule has 0 aliphatic carbocycles. The van der Waals surface area contributed by atoms with Gasteiger partial charge in [-0.1, -0.05) is 32.6 Å². The van der Waals surface area contributed by atoms with Gasteiger partial charge in [-0.3, -0.25) is 4.79 Å². The Morgan fingerprint density at radius 3 is 2.94 bits per heavy atom. The van der Waals surface area contributed by atoms with Crippen LogP contribution in [-0.2, 0) is 0 Å². The van der Waals surface area contributed by atoms with Gasteiger partial charge in [0.15, 0.2) is 0 Å². The summed E-state index contributed by atoms with van der Waals surface area (Å²) in [7, 11) is 0. The van der Waals surface area contributed by atoms with Crippen LogP contribution in [0.1, 0.15) is 46.0 Å². The van der Waals surface area contributed by atoms with E-state index in [1.165, 1.54) is 32.0 Å². The zero-order valence-electron chi connectivity index (χ0n) is 10.4. The minimum atomic E-state index is -0.152. The van der Waals surface area contributed by atoms with E-state index in [0.29, 0.717) is 16.3 Å². The van der Waals surface area contributed by atoms with Crippen LogP contribution in [0.3, 0.4) is 0 Å². The van der Waals surface area contributed by atoms with Crippen LogP contribution in [0.15, 0.2) is 15.6 Å². The molecule has 5 heteroatoms.